The van der Waals surface area contributed by atoms with E-state index in [-0.39, 0.29) is 24.1 Å². The number of nitrogens with one attached hydrogen (secondary N) is 1. The van der Waals surface area contributed by atoms with Gasteiger partial charge in [-0.15, -0.1) is 0 Å². The monoisotopic (exact) mass is 524 g/mol. The fraction of sp³-hybridized carbons (Fsp3) is 0.483. The van der Waals surface area contributed by atoms with Gasteiger partial charge in [-0.3, -0.25) is 14.2 Å². The van der Waals surface area contributed by atoms with Crippen molar-refractivity contribution in [2.24, 2.45) is 5.92 Å². The number of hydrogen-bond donors (Lipinski definition) is 1. The van der Waals surface area contributed by atoms with Crippen LogP contribution in [0.3, 0.4) is 0 Å². The number of carbonyl (C=O) groups is 1. The summed E-state index contributed by atoms with van der Waals surface area (Å²) in [6.45, 7) is 6.15. The lowest BCUT2D eigenvalue weighted by molar-refractivity contribution is -0.122. The van der Waals surface area contributed by atoms with E-state index in [2.05, 4.69) is 16.3 Å². The fourth-order valence-electron chi connectivity index (χ4n) is 5.69. The summed E-state index contributed by atoms with van der Waals surface area (Å²) >= 11 is 6.22. The number of aromatic nitrogens is 2. The Hall–Kier alpha value is -2.77. The number of likely N-dealkylation sites (tertiary alicyclic amines) is 1. The molecule has 0 bridgehead atoms. The summed E-state index contributed by atoms with van der Waals surface area (Å²) < 4.78 is 15.2. The van der Waals surface area contributed by atoms with Crippen molar-refractivity contribution in [2.45, 2.75) is 64.2 Å². The smallest absolute Gasteiger partial charge is 0.262 e. The summed E-state index contributed by atoms with van der Waals surface area (Å²) in [6, 6.07) is 13.0. The molecule has 2 aliphatic rings. The lowest BCUT2D eigenvalue weighted by atomic mass is 9.71. The molecule has 1 N–H and O–H groups in total. The van der Waals surface area contributed by atoms with Gasteiger partial charge in [-0.05, 0) is 87.7 Å². The van der Waals surface area contributed by atoms with Crippen LogP contribution >= 0.6 is 11.6 Å². The van der Waals surface area contributed by atoms with Crippen LogP contribution in [0.25, 0.3) is 22.3 Å². The number of benzene rings is 2. The molecule has 2 heterocycles. The number of halogens is 2. The van der Waals surface area contributed by atoms with Gasteiger partial charge in [0.2, 0.25) is 5.91 Å². The average Bonchev–Trinajstić information content (AvgIpc) is 2.82. The maximum Gasteiger partial charge on any atom is 0.262 e. The molecule has 5 rings (SSSR count). The van der Waals surface area contributed by atoms with Gasteiger partial charge in [-0.25, -0.2) is 9.37 Å². The van der Waals surface area contributed by atoms with E-state index in [9.17, 15) is 14.0 Å². The third-order valence-corrected chi connectivity index (χ3v) is 7.72. The van der Waals surface area contributed by atoms with E-state index in [1.807, 2.05) is 32.0 Å². The number of piperidine rings is 1. The molecule has 196 valence electrons. The van der Waals surface area contributed by atoms with Crippen LogP contribution in [0.5, 0.6) is 0 Å². The van der Waals surface area contributed by atoms with Crippen LogP contribution in [0.1, 0.15) is 51.0 Å². The highest BCUT2D eigenvalue weighted by molar-refractivity contribution is 6.30. The van der Waals surface area contributed by atoms with Gasteiger partial charge in [0, 0.05) is 29.7 Å². The van der Waals surface area contributed by atoms with Crippen LogP contribution in [0, 0.1) is 5.92 Å². The second-order valence-electron chi connectivity index (χ2n) is 10.9. The third kappa shape index (κ3) is 5.88. The summed E-state index contributed by atoms with van der Waals surface area (Å²) in [5.41, 5.74) is 2.17. The molecule has 6 nitrogen and oxygen atoms in total. The quantitative estimate of drug-likeness (QED) is 0.463. The van der Waals surface area contributed by atoms with Crippen LogP contribution < -0.4 is 10.9 Å². The fourth-order valence-corrected chi connectivity index (χ4v) is 5.88. The Kier molecular flexibility index (Phi) is 7.63. The number of rotatable bonds is 7. The zero-order valence-corrected chi connectivity index (χ0v) is 22.2. The topological polar surface area (TPSA) is 67.2 Å². The average molecular weight is 525 g/mol. The largest absolute Gasteiger partial charge is 0.352 e. The predicted molar refractivity (Wildman–Crippen MR) is 146 cm³/mol. The van der Waals surface area contributed by atoms with Crippen LogP contribution in [-0.2, 0) is 11.3 Å². The SMILES string of the molecule is CC(C)NC(=O)Cn1c(-c2cccc(Cl)c2)nc2ccc(C3CC(CN4CCCC(F)C4)C3)cc2c1=O. The van der Waals surface area contributed by atoms with E-state index in [1.165, 1.54) is 4.57 Å². The van der Waals surface area contributed by atoms with Gasteiger partial charge in [-0.2, -0.15) is 0 Å². The molecule has 1 saturated heterocycles. The van der Waals surface area contributed by atoms with Gasteiger partial charge in [-0.1, -0.05) is 29.8 Å². The van der Waals surface area contributed by atoms with E-state index < -0.39 is 6.17 Å². The third-order valence-electron chi connectivity index (χ3n) is 7.48. The van der Waals surface area contributed by atoms with Crippen molar-refractivity contribution in [1.29, 1.82) is 0 Å². The highest BCUT2D eigenvalue weighted by atomic mass is 35.5. The highest BCUT2D eigenvalue weighted by Crippen LogP contribution is 2.42. The second-order valence-corrected chi connectivity index (χ2v) is 11.3. The molecule has 1 saturated carbocycles. The Morgan fingerprint density at radius 1 is 1.22 bits per heavy atom. The molecule has 8 heteroatoms. The minimum atomic E-state index is -0.695. The van der Waals surface area contributed by atoms with E-state index in [4.69, 9.17) is 16.6 Å². The molecule has 1 amide bonds. The summed E-state index contributed by atoms with van der Waals surface area (Å²) in [5, 5.41) is 3.91. The molecule has 1 aromatic heterocycles. The molecule has 1 atom stereocenters. The number of alkyl halides is 1. The number of amides is 1. The number of carbonyl (C=O) groups excluding carboxylic acids is 1. The molecule has 1 aliphatic carbocycles. The van der Waals surface area contributed by atoms with Crippen molar-refractivity contribution >= 4 is 28.4 Å². The highest BCUT2D eigenvalue weighted by Gasteiger charge is 2.33. The Morgan fingerprint density at radius 2 is 2.03 bits per heavy atom. The number of nitrogens with zero attached hydrogens (tertiary/aromatic N) is 3. The summed E-state index contributed by atoms with van der Waals surface area (Å²) in [6.07, 6.45) is 3.01. The Balaban J connectivity index is 1.42. The Bertz CT molecular complexity index is 1350. The molecular weight excluding hydrogens is 491 g/mol. The summed E-state index contributed by atoms with van der Waals surface area (Å²) in [7, 11) is 0. The maximum atomic E-state index is 13.8. The lowest BCUT2D eigenvalue weighted by Gasteiger charge is -2.40. The summed E-state index contributed by atoms with van der Waals surface area (Å²) in [4.78, 5) is 33.5. The van der Waals surface area contributed by atoms with Gasteiger partial charge in [0.25, 0.3) is 5.56 Å². The molecule has 37 heavy (non-hydrogen) atoms. The number of fused-ring (bicyclic) bond motifs is 1. The molecule has 3 aromatic rings. The van der Waals surface area contributed by atoms with Gasteiger partial charge in [0.05, 0.1) is 10.9 Å². The zero-order valence-electron chi connectivity index (χ0n) is 21.4. The van der Waals surface area contributed by atoms with Crippen LogP contribution in [-0.4, -0.2) is 52.2 Å². The van der Waals surface area contributed by atoms with E-state index in [0.29, 0.717) is 52.1 Å². The van der Waals surface area contributed by atoms with E-state index in [0.717, 1.165) is 37.9 Å². The first kappa shape index (κ1) is 25.9. The van der Waals surface area contributed by atoms with Gasteiger partial charge >= 0.3 is 0 Å². The molecule has 2 aromatic carbocycles. The normalized spacial score (nSPS) is 22.2. The second kappa shape index (κ2) is 10.9. The van der Waals surface area contributed by atoms with Crippen molar-refractivity contribution in [3.63, 3.8) is 0 Å². The van der Waals surface area contributed by atoms with Crippen molar-refractivity contribution in [3.8, 4) is 11.4 Å². The van der Waals surface area contributed by atoms with Gasteiger partial charge in [0.1, 0.15) is 18.5 Å². The first-order valence-corrected chi connectivity index (χ1v) is 13.6. The maximum absolute atomic E-state index is 13.8. The standard InChI is InChI=1S/C29H34ClFN4O2/c1-18(2)32-27(36)17-35-28(21-5-3-6-23(30)13-21)33-26-9-8-20(14-25(26)29(35)37)22-11-19(12-22)15-34-10-4-7-24(31)16-34/h3,5-6,8-9,13-14,18-19,22,24H,4,7,10-12,15-17H2,1-2H3,(H,32,36). The summed E-state index contributed by atoms with van der Waals surface area (Å²) in [5.74, 6) is 1.12. The van der Waals surface area contributed by atoms with Crippen LogP contribution in [0.2, 0.25) is 5.02 Å². The first-order valence-electron chi connectivity index (χ1n) is 13.2. The minimum absolute atomic E-state index is 0.0369. The van der Waals surface area contributed by atoms with Crippen LogP contribution in [0.15, 0.2) is 47.3 Å². The van der Waals surface area contributed by atoms with Gasteiger partial charge in [0.15, 0.2) is 0 Å². The molecule has 0 spiro atoms. The molecular formula is C29H34ClFN4O2. The predicted octanol–water partition coefficient (Wildman–Crippen LogP) is 5.17. The molecule has 0 radical (unpaired) electrons. The van der Waals surface area contributed by atoms with Crippen molar-refractivity contribution in [2.75, 3.05) is 19.6 Å². The van der Waals surface area contributed by atoms with E-state index in [1.54, 1.807) is 18.2 Å². The zero-order chi connectivity index (χ0) is 26.1. The Labute approximate surface area is 221 Å². The van der Waals surface area contributed by atoms with E-state index >= 15 is 0 Å². The number of hydrogen-bond acceptors (Lipinski definition) is 4. The lowest BCUT2D eigenvalue weighted by Crippen LogP contribution is -2.42. The van der Waals surface area contributed by atoms with Crippen molar-refractivity contribution in [1.82, 2.24) is 19.8 Å². The van der Waals surface area contributed by atoms with Crippen molar-refractivity contribution < 1.29 is 9.18 Å². The molecule has 1 unspecified atom stereocenters. The molecule has 2 fully saturated rings. The minimum Gasteiger partial charge on any atom is -0.352 e. The van der Waals surface area contributed by atoms with Gasteiger partial charge < -0.3 is 10.2 Å². The molecule has 1 aliphatic heterocycles. The Morgan fingerprint density at radius 3 is 2.76 bits per heavy atom. The first-order chi connectivity index (χ1) is 17.8. The van der Waals surface area contributed by atoms with Crippen LogP contribution in [0.4, 0.5) is 4.39 Å². The van der Waals surface area contributed by atoms with Crippen molar-refractivity contribution in [3.05, 3.63) is 63.4 Å².